The van der Waals surface area contributed by atoms with Gasteiger partial charge in [0.25, 0.3) is 0 Å². The molecule has 2 rings (SSSR count). The number of hydrogen-bond acceptors (Lipinski definition) is 10. The monoisotopic (exact) mass is 638 g/mol. The third-order valence-electron chi connectivity index (χ3n) is 8.21. The van der Waals surface area contributed by atoms with Crippen molar-refractivity contribution in [1.29, 1.82) is 0 Å². The first-order chi connectivity index (χ1) is 21.2. The number of carbonyl (C=O) groups is 7. The molecule has 16 heteroatoms. The Labute approximate surface area is 263 Å². The second kappa shape index (κ2) is 17.8. The molecule has 45 heavy (non-hydrogen) atoms. The highest BCUT2D eigenvalue weighted by molar-refractivity contribution is 5.93. The average Bonchev–Trinajstić information content (AvgIpc) is 3.67. The molecule has 5 amide bonds. The number of nitrogens with one attached hydrogen (secondary N) is 4. The smallest absolute Gasteiger partial charge is 0.303 e. The third-order valence-corrected chi connectivity index (χ3v) is 8.21. The van der Waals surface area contributed by atoms with E-state index in [1.54, 1.807) is 4.90 Å². The topological polar surface area (TPSA) is 246 Å². The highest BCUT2D eigenvalue weighted by Crippen LogP contribution is 2.19. The van der Waals surface area contributed by atoms with Gasteiger partial charge >= 0.3 is 5.97 Å². The van der Waals surface area contributed by atoms with Crippen LogP contribution in [0.2, 0.25) is 0 Å². The Morgan fingerprint density at radius 3 is 1.98 bits per heavy atom. The summed E-state index contributed by atoms with van der Waals surface area (Å²) in [7, 11) is 0. The zero-order chi connectivity index (χ0) is 33.7. The summed E-state index contributed by atoms with van der Waals surface area (Å²) in [5, 5.41) is 20.0. The molecule has 0 aromatic carbocycles. The first kappa shape index (κ1) is 37.6. The number of Topliss-reactive ketones (excluding diaryl/α,β-unsaturated/α-hetero) is 1. The van der Waals surface area contributed by atoms with Gasteiger partial charge in [-0.05, 0) is 58.3 Å². The van der Waals surface area contributed by atoms with Crippen molar-refractivity contribution in [2.75, 3.05) is 32.7 Å². The molecule has 9 N–H and O–H groups in total. The Kier molecular flexibility index (Phi) is 14.8. The summed E-state index contributed by atoms with van der Waals surface area (Å²) >= 11 is 0. The lowest BCUT2D eigenvalue weighted by molar-refractivity contribution is -0.138. The quantitative estimate of drug-likeness (QED) is 0.0634. The fourth-order valence-corrected chi connectivity index (χ4v) is 5.69. The SMILES string of the molecule is CC(=O)N1CCCC1C(=O)NCCCCC(NC(=O)C1CCCN1C(C)=O)C(=O)NCCNC(C)(N)C(=O)C(N)CCC(=O)O. The van der Waals surface area contributed by atoms with E-state index in [0.29, 0.717) is 51.7 Å². The maximum absolute atomic E-state index is 13.2. The van der Waals surface area contributed by atoms with Crippen molar-refractivity contribution in [2.45, 2.75) is 108 Å². The van der Waals surface area contributed by atoms with Crippen molar-refractivity contribution in [1.82, 2.24) is 31.1 Å². The van der Waals surface area contributed by atoms with Gasteiger partial charge in [0, 0.05) is 53.0 Å². The van der Waals surface area contributed by atoms with E-state index < -0.39 is 53.4 Å². The first-order valence-electron chi connectivity index (χ1n) is 15.6. The van der Waals surface area contributed by atoms with Crippen LogP contribution < -0.4 is 32.7 Å². The molecule has 2 aliphatic heterocycles. The Morgan fingerprint density at radius 1 is 0.844 bits per heavy atom. The fourth-order valence-electron chi connectivity index (χ4n) is 5.69. The molecular formula is C29H50N8O8. The average molecular weight is 639 g/mol. The number of carboxylic acid groups (broad SMARTS) is 1. The Morgan fingerprint density at radius 2 is 1.42 bits per heavy atom. The molecule has 0 saturated carbocycles. The van der Waals surface area contributed by atoms with E-state index in [0.717, 1.165) is 6.42 Å². The summed E-state index contributed by atoms with van der Waals surface area (Å²) in [6.07, 6.45) is 3.50. The van der Waals surface area contributed by atoms with Gasteiger partial charge in [-0.15, -0.1) is 0 Å². The molecule has 254 valence electrons. The molecule has 2 aliphatic rings. The largest absolute Gasteiger partial charge is 0.481 e. The lowest BCUT2D eigenvalue weighted by Crippen LogP contribution is -2.63. The molecule has 0 aromatic rings. The number of carbonyl (C=O) groups excluding carboxylic acids is 6. The molecule has 0 radical (unpaired) electrons. The van der Waals surface area contributed by atoms with E-state index in [4.69, 9.17) is 16.6 Å². The van der Waals surface area contributed by atoms with Crippen LogP contribution in [0, 0.1) is 0 Å². The molecule has 16 nitrogen and oxygen atoms in total. The van der Waals surface area contributed by atoms with Crippen LogP contribution in [0.25, 0.3) is 0 Å². The maximum atomic E-state index is 13.2. The number of likely N-dealkylation sites (tertiary alicyclic amines) is 2. The molecule has 5 atom stereocenters. The molecule has 0 bridgehead atoms. The maximum Gasteiger partial charge on any atom is 0.303 e. The molecule has 2 fully saturated rings. The first-order valence-corrected chi connectivity index (χ1v) is 15.6. The summed E-state index contributed by atoms with van der Waals surface area (Å²) < 4.78 is 0. The van der Waals surface area contributed by atoms with Crippen molar-refractivity contribution in [3.8, 4) is 0 Å². The molecule has 0 aromatic heterocycles. The number of amides is 5. The molecular weight excluding hydrogens is 588 g/mol. The van der Waals surface area contributed by atoms with Crippen molar-refractivity contribution < 1.29 is 38.7 Å². The summed E-state index contributed by atoms with van der Waals surface area (Å²) in [4.78, 5) is 88.9. The van der Waals surface area contributed by atoms with Gasteiger partial charge in [-0.1, -0.05) is 0 Å². The fraction of sp³-hybridized carbons (Fsp3) is 0.759. The molecule has 0 aliphatic carbocycles. The highest BCUT2D eigenvalue weighted by Gasteiger charge is 2.35. The zero-order valence-corrected chi connectivity index (χ0v) is 26.6. The number of hydrogen-bond donors (Lipinski definition) is 7. The van der Waals surface area contributed by atoms with Crippen LogP contribution >= 0.6 is 0 Å². The van der Waals surface area contributed by atoms with Crippen LogP contribution in [0.15, 0.2) is 0 Å². The number of nitrogens with two attached hydrogens (primary N) is 2. The summed E-state index contributed by atoms with van der Waals surface area (Å²) in [5.41, 5.74) is 10.3. The number of ketones is 1. The van der Waals surface area contributed by atoms with Crippen molar-refractivity contribution in [3.05, 3.63) is 0 Å². The second-order valence-electron chi connectivity index (χ2n) is 11.9. The molecule has 2 heterocycles. The van der Waals surface area contributed by atoms with Crippen LogP contribution in [-0.2, 0) is 33.6 Å². The standard InChI is InChI=1S/C29H50N8O8/c1-18(38)36-16-6-9-22(36)27(44)32-13-5-4-8-21(35-28(45)23-10-7-17-37(23)19(2)39)26(43)33-14-15-34-29(3,31)25(42)20(30)11-12-24(40)41/h20-23,34H,4-17,30-31H2,1-3H3,(H,32,44)(H,33,43)(H,35,45)(H,40,41). The lowest BCUT2D eigenvalue weighted by atomic mass is 9.98. The molecule has 5 unspecified atom stereocenters. The highest BCUT2D eigenvalue weighted by atomic mass is 16.4. The minimum atomic E-state index is -1.56. The second-order valence-corrected chi connectivity index (χ2v) is 11.9. The zero-order valence-electron chi connectivity index (χ0n) is 26.6. The van der Waals surface area contributed by atoms with E-state index in [-0.39, 0.29) is 50.1 Å². The molecule has 0 spiro atoms. The van der Waals surface area contributed by atoms with E-state index in [2.05, 4.69) is 21.3 Å². The predicted molar refractivity (Wildman–Crippen MR) is 163 cm³/mol. The third kappa shape index (κ3) is 11.7. The van der Waals surface area contributed by atoms with Gasteiger partial charge in [-0.2, -0.15) is 0 Å². The van der Waals surface area contributed by atoms with Gasteiger partial charge in [0.2, 0.25) is 29.5 Å². The number of unbranched alkanes of at least 4 members (excludes halogenated alkanes) is 1. The van der Waals surface area contributed by atoms with Gasteiger partial charge in [0.05, 0.1) is 6.04 Å². The lowest BCUT2D eigenvalue weighted by Gasteiger charge is -2.28. The van der Waals surface area contributed by atoms with Crippen molar-refractivity contribution in [3.63, 3.8) is 0 Å². The Bertz CT molecular complexity index is 1100. The minimum Gasteiger partial charge on any atom is -0.481 e. The van der Waals surface area contributed by atoms with Gasteiger partial charge in [0.15, 0.2) is 5.78 Å². The number of aliphatic carboxylic acids is 1. The van der Waals surface area contributed by atoms with E-state index in [1.807, 2.05) is 0 Å². The predicted octanol–water partition coefficient (Wildman–Crippen LogP) is -2.08. The van der Waals surface area contributed by atoms with E-state index >= 15 is 0 Å². The van der Waals surface area contributed by atoms with Crippen LogP contribution in [0.1, 0.15) is 78.6 Å². The van der Waals surface area contributed by atoms with Crippen molar-refractivity contribution >= 4 is 41.3 Å². The van der Waals surface area contributed by atoms with E-state index in [1.165, 1.54) is 25.7 Å². The van der Waals surface area contributed by atoms with Crippen LogP contribution in [0.4, 0.5) is 0 Å². The van der Waals surface area contributed by atoms with E-state index in [9.17, 15) is 33.6 Å². The Balaban J connectivity index is 1.90. The van der Waals surface area contributed by atoms with Crippen LogP contribution in [-0.4, -0.2) is 119 Å². The van der Waals surface area contributed by atoms with Crippen molar-refractivity contribution in [2.24, 2.45) is 11.5 Å². The summed E-state index contributed by atoms with van der Waals surface area (Å²) in [6, 6.07) is -3.13. The van der Waals surface area contributed by atoms with Gasteiger partial charge in [-0.25, -0.2) is 0 Å². The minimum absolute atomic E-state index is 0.0583. The Hall–Kier alpha value is -3.63. The number of rotatable bonds is 18. The normalized spacial score (nSPS) is 20.6. The summed E-state index contributed by atoms with van der Waals surface area (Å²) in [6.45, 7) is 5.75. The van der Waals surface area contributed by atoms with Gasteiger partial charge in [0.1, 0.15) is 23.8 Å². The number of carboxylic acids is 1. The number of nitrogens with zero attached hydrogens (tertiary/aromatic N) is 2. The van der Waals surface area contributed by atoms with Gasteiger partial charge < -0.3 is 42.3 Å². The summed E-state index contributed by atoms with van der Waals surface area (Å²) in [5.74, 6) is -3.10. The molecule has 2 saturated heterocycles. The van der Waals surface area contributed by atoms with Crippen LogP contribution in [0.3, 0.4) is 0 Å². The van der Waals surface area contributed by atoms with Crippen LogP contribution in [0.5, 0.6) is 0 Å². The van der Waals surface area contributed by atoms with Gasteiger partial charge in [-0.3, -0.25) is 38.9 Å².